The van der Waals surface area contributed by atoms with Crippen LogP contribution in [0.15, 0.2) is 11.6 Å². The molecule has 0 rings (SSSR count). The monoisotopic (exact) mass is 214 g/mol. The Bertz CT molecular complexity index is 292. The minimum absolute atomic E-state index is 0.265. The van der Waals surface area contributed by atoms with Crippen molar-refractivity contribution in [1.82, 2.24) is 5.32 Å². The summed E-state index contributed by atoms with van der Waals surface area (Å²) in [5, 5.41) is 2.18. The summed E-state index contributed by atoms with van der Waals surface area (Å²) in [4.78, 5) is 32.1. The number of esters is 1. The molecule has 0 radical (unpaired) electrons. The quantitative estimate of drug-likeness (QED) is 0.457. The first-order valence-corrected chi connectivity index (χ1v) is 4.28. The molecule has 0 aliphatic carbocycles. The van der Waals surface area contributed by atoms with Crippen molar-refractivity contribution in [2.75, 3.05) is 13.2 Å². The van der Waals surface area contributed by atoms with Crippen molar-refractivity contribution < 1.29 is 19.1 Å². The summed E-state index contributed by atoms with van der Waals surface area (Å²) in [5.74, 6) is -1.81. The molecule has 0 aromatic carbocycles. The largest absolute Gasteiger partial charge is 0.452 e. The van der Waals surface area contributed by atoms with E-state index in [9.17, 15) is 14.4 Å². The van der Waals surface area contributed by atoms with Crippen LogP contribution in [0.25, 0.3) is 0 Å². The molecule has 84 valence electrons. The number of hydrogen-bond acceptors (Lipinski definition) is 4. The smallest absolute Gasteiger partial charge is 0.331 e. The van der Waals surface area contributed by atoms with Crippen LogP contribution in [0.4, 0.5) is 0 Å². The van der Waals surface area contributed by atoms with Gasteiger partial charge in [-0.05, 0) is 13.8 Å². The Morgan fingerprint density at radius 3 is 2.40 bits per heavy atom. The van der Waals surface area contributed by atoms with Gasteiger partial charge in [0, 0.05) is 6.08 Å². The maximum atomic E-state index is 10.9. The molecule has 0 saturated heterocycles. The lowest BCUT2D eigenvalue weighted by Gasteiger charge is -2.02. The molecule has 2 amide bonds. The maximum Gasteiger partial charge on any atom is 0.331 e. The number of carbonyl (C=O) groups is 3. The second kappa shape index (κ2) is 6.58. The van der Waals surface area contributed by atoms with E-state index in [1.807, 2.05) is 0 Å². The Morgan fingerprint density at radius 2 is 1.93 bits per heavy atom. The molecular weight excluding hydrogens is 200 g/mol. The maximum absolute atomic E-state index is 10.9. The average Bonchev–Trinajstić information content (AvgIpc) is 2.10. The number of ether oxygens (including phenoxy) is 1. The van der Waals surface area contributed by atoms with Crippen molar-refractivity contribution >= 4 is 17.8 Å². The van der Waals surface area contributed by atoms with E-state index in [-0.39, 0.29) is 6.54 Å². The van der Waals surface area contributed by atoms with E-state index in [4.69, 9.17) is 5.73 Å². The summed E-state index contributed by atoms with van der Waals surface area (Å²) in [6.45, 7) is 2.78. The van der Waals surface area contributed by atoms with Crippen LogP contribution in [-0.2, 0) is 19.1 Å². The van der Waals surface area contributed by atoms with Crippen LogP contribution in [0.1, 0.15) is 13.8 Å². The summed E-state index contributed by atoms with van der Waals surface area (Å²) in [5.41, 5.74) is 5.57. The molecular formula is C9H14N2O4. The lowest BCUT2D eigenvalue weighted by molar-refractivity contribution is -0.144. The predicted octanol–water partition coefficient (Wildman–Crippen LogP) is -0.903. The van der Waals surface area contributed by atoms with Gasteiger partial charge >= 0.3 is 5.97 Å². The third-order valence-electron chi connectivity index (χ3n) is 1.21. The van der Waals surface area contributed by atoms with E-state index >= 15 is 0 Å². The molecule has 6 heteroatoms. The number of carbonyl (C=O) groups excluding carboxylic acids is 3. The third-order valence-corrected chi connectivity index (χ3v) is 1.21. The van der Waals surface area contributed by atoms with Crippen LogP contribution < -0.4 is 11.1 Å². The molecule has 0 heterocycles. The van der Waals surface area contributed by atoms with Crippen molar-refractivity contribution in [1.29, 1.82) is 0 Å². The SMILES string of the molecule is CC(C)=CC(=O)OCC(=O)NCC(N)=O. The number of rotatable bonds is 5. The summed E-state index contributed by atoms with van der Waals surface area (Å²) in [6.07, 6.45) is 1.27. The second-order valence-corrected chi connectivity index (χ2v) is 3.07. The molecule has 0 bridgehead atoms. The number of nitrogens with one attached hydrogen (secondary N) is 1. The zero-order valence-corrected chi connectivity index (χ0v) is 8.70. The highest BCUT2D eigenvalue weighted by Crippen LogP contribution is 1.90. The summed E-state index contributed by atoms with van der Waals surface area (Å²) in [7, 11) is 0. The molecule has 0 atom stereocenters. The zero-order valence-electron chi connectivity index (χ0n) is 8.70. The van der Waals surface area contributed by atoms with Crippen LogP contribution in [0.2, 0.25) is 0 Å². The van der Waals surface area contributed by atoms with Crippen molar-refractivity contribution in [2.45, 2.75) is 13.8 Å². The Kier molecular flexibility index (Phi) is 5.77. The summed E-state index contributed by atoms with van der Waals surface area (Å²) < 4.78 is 4.57. The molecule has 0 saturated carbocycles. The van der Waals surface area contributed by atoms with Gasteiger partial charge in [-0.25, -0.2) is 4.79 Å². The molecule has 3 N–H and O–H groups in total. The van der Waals surface area contributed by atoms with Crippen LogP contribution in [0, 0.1) is 0 Å². The van der Waals surface area contributed by atoms with Gasteiger partial charge in [0.1, 0.15) is 0 Å². The van der Waals surface area contributed by atoms with Crippen LogP contribution in [0.5, 0.6) is 0 Å². The Labute approximate surface area is 87.5 Å². The predicted molar refractivity (Wildman–Crippen MR) is 52.6 cm³/mol. The van der Waals surface area contributed by atoms with Gasteiger partial charge in [-0.1, -0.05) is 5.57 Å². The molecule has 0 fully saturated rings. The number of hydrogen-bond donors (Lipinski definition) is 2. The van der Waals surface area contributed by atoms with Gasteiger partial charge in [0.15, 0.2) is 6.61 Å². The molecule has 0 aromatic heterocycles. The summed E-state index contributed by atoms with van der Waals surface area (Å²) in [6, 6.07) is 0. The van der Waals surface area contributed by atoms with Crippen LogP contribution in [-0.4, -0.2) is 30.9 Å². The Morgan fingerprint density at radius 1 is 1.33 bits per heavy atom. The van der Waals surface area contributed by atoms with E-state index in [2.05, 4.69) is 10.1 Å². The van der Waals surface area contributed by atoms with Gasteiger partial charge in [-0.15, -0.1) is 0 Å². The van der Waals surface area contributed by atoms with E-state index in [1.54, 1.807) is 13.8 Å². The molecule has 0 aromatic rings. The minimum atomic E-state index is -0.654. The number of amides is 2. The third kappa shape index (κ3) is 8.48. The van der Waals surface area contributed by atoms with Crippen molar-refractivity contribution in [2.24, 2.45) is 5.73 Å². The normalized spacial score (nSPS) is 8.93. The Hall–Kier alpha value is -1.85. The zero-order chi connectivity index (χ0) is 11.8. The van der Waals surface area contributed by atoms with Crippen LogP contribution >= 0.6 is 0 Å². The fourth-order valence-corrected chi connectivity index (χ4v) is 0.651. The molecule has 0 aliphatic rings. The highest BCUT2D eigenvalue weighted by Gasteiger charge is 2.05. The van der Waals surface area contributed by atoms with Crippen LogP contribution in [0.3, 0.4) is 0 Å². The van der Waals surface area contributed by atoms with Crippen molar-refractivity contribution in [3.8, 4) is 0 Å². The molecule has 15 heavy (non-hydrogen) atoms. The molecule has 0 aliphatic heterocycles. The molecule has 0 unspecified atom stereocenters. The van der Waals surface area contributed by atoms with Crippen molar-refractivity contribution in [3.05, 3.63) is 11.6 Å². The van der Waals surface area contributed by atoms with Gasteiger partial charge < -0.3 is 15.8 Å². The fourth-order valence-electron chi connectivity index (χ4n) is 0.651. The minimum Gasteiger partial charge on any atom is -0.452 e. The first-order chi connectivity index (χ1) is 6.91. The highest BCUT2D eigenvalue weighted by molar-refractivity contribution is 5.87. The van der Waals surface area contributed by atoms with E-state index < -0.39 is 24.4 Å². The summed E-state index contributed by atoms with van der Waals surface area (Å²) >= 11 is 0. The lowest BCUT2D eigenvalue weighted by atomic mass is 10.3. The molecule has 0 spiro atoms. The first-order valence-electron chi connectivity index (χ1n) is 4.28. The average molecular weight is 214 g/mol. The lowest BCUT2D eigenvalue weighted by Crippen LogP contribution is -2.35. The van der Waals surface area contributed by atoms with Gasteiger partial charge in [-0.3, -0.25) is 9.59 Å². The van der Waals surface area contributed by atoms with Gasteiger partial charge in [-0.2, -0.15) is 0 Å². The molecule has 6 nitrogen and oxygen atoms in total. The van der Waals surface area contributed by atoms with E-state index in [0.29, 0.717) is 0 Å². The first kappa shape index (κ1) is 13.2. The topological polar surface area (TPSA) is 98.5 Å². The van der Waals surface area contributed by atoms with E-state index in [0.717, 1.165) is 5.57 Å². The standard InChI is InChI=1S/C9H14N2O4/c1-6(2)3-9(14)15-5-8(13)11-4-7(10)12/h3H,4-5H2,1-2H3,(H2,10,12)(H,11,13). The Balaban J connectivity index is 3.76. The number of allylic oxidation sites excluding steroid dienone is 1. The fraction of sp³-hybridized carbons (Fsp3) is 0.444. The van der Waals surface area contributed by atoms with Crippen molar-refractivity contribution in [3.63, 3.8) is 0 Å². The highest BCUT2D eigenvalue weighted by atomic mass is 16.5. The van der Waals surface area contributed by atoms with Gasteiger partial charge in [0.2, 0.25) is 5.91 Å². The number of nitrogens with two attached hydrogens (primary N) is 1. The van der Waals surface area contributed by atoms with E-state index in [1.165, 1.54) is 6.08 Å². The number of primary amides is 1. The van der Waals surface area contributed by atoms with Gasteiger partial charge in [0.05, 0.1) is 6.54 Å². The van der Waals surface area contributed by atoms with Gasteiger partial charge in [0.25, 0.3) is 5.91 Å². The second-order valence-electron chi connectivity index (χ2n) is 3.07.